The number of hydrogen-bond acceptors (Lipinski definition) is 4. The topological polar surface area (TPSA) is 95.2 Å². The molecule has 0 heterocycles. The lowest BCUT2D eigenvalue weighted by Crippen LogP contribution is -2.52. The Morgan fingerprint density at radius 2 is 1.12 bits per heavy atom. The fourth-order valence-electron chi connectivity index (χ4n) is 5.56. The third-order valence-corrected chi connectivity index (χ3v) is 7.23. The summed E-state index contributed by atoms with van der Waals surface area (Å²) >= 11 is 0. The highest BCUT2D eigenvalue weighted by Crippen LogP contribution is 2.66. The average molecular weight is 425 g/mol. The molecule has 0 saturated heterocycles. The van der Waals surface area contributed by atoms with Crippen LogP contribution in [-0.2, 0) is 0 Å². The van der Waals surface area contributed by atoms with Gasteiger partial charge in [0.1, 0.15) is 0 Å². The van der Waals surface area contributed by atoms with Crippen LogP contribution in [0, 0.1) is 84.2 Å². The van der Waals surface area contributed by atoms with Gasteiger partial charge in [0.25, 0.3) is 0 Å². The van der Waals surface area contributed by atoms with Crippen molar-refractivity contribution in [3.63, 3.8) is 0 Å². The largest absolute Gasteiger partial charge is 0.196 e. The summed E-state index contributed by atoms with van der Waals surface area (Å²) in [5.41, 5.74) is 0.731. The minimum atomic E-state index is -1.80. The van der Waals surface area contributed by atoms with Crippen LogP contribution < -0.4 is 0 Å². The van der Waals surface area contributed by atoms with Gasteiger partial charge < -0.3 is 0 Å². The van der Waals surface area contributed by atoms with Crippen molar-refractivity contribution in [1.29, 1.82) is 21.0 Å². The first-order valence-corrected chi connectivity index (χ1v) is 11.1. The van der Waals surface area contributed by atoms with E-state index in [-0.39, 0.29) is 16.2 Å². The molecule has 0 aliphatic heterocycles. The van der Waals surface area contributed by atoms with E-state index in [9.17, 15) is 21.0 Å². The molecule has 0 radical (unpaired) electrons. The zero-order chi connectivity index (χ0) is 24.5. The lowest BCUT2D eigenvalue weighted by atomic mass is 9.48. The lowest BCUT2D eigenvalue weighted by Gasteiger charge is -2.47. The molecule has 0 amide bonds. The van der Waals surface area contributed by atoms with E-state index in [0.717, 1.165) is 27.9 Å². The Hall–Kier alpha value is -3.08. The van der Waals surface area contributed by atoms with E-state index in [4.69, 9.17) is 0 Å². The number of rotatable bonds is 0. The normalized spacial score (nSPS) is 25.8. The summed E-state index contributed by atoms with van der Waals surface area (Å²) < 4.78 is 0. The van der Waals surface area contributed by atoms with Crippen LogP contribution in [0.4, 0.5) is 0 Å². The predicted octanol–water partition coefficient (Wildman–Crippen LogP) is 6.54. The summed E-state index contributed by atoms with van der Waals surface area (Å²) in [7, 11) is 0. The Kier molecular flexibility index (Phi) is 4.94. The maximum atomic E-state index is 10.4. The van der Waals surface area contributed by atoms with E-state index in [0.29, 0.717) is 0 Å². The third-order valence-electron chi connectivity index (χ3n) is 7.23. The molecule has 0 aromatic rings. The van der Waals surface area contributed by atoms with Crippen molar-refractivity contribution in [2.45, 2.75) is 62.3 Å². The minimum absolute atomic E-state index is 0.181. The van der Waals surface area contributed by atoms with Crippen LogP contribution in [0.15, 0.2) is 46.1 Å². The highest BCUT2D eigenvalue weighted by atomic mass is 14.7. The summed E-state index contributed by atoms with van der Waals surface area (Å²) in [5.74, 6) is -1.31. The minimum Gasteiger partial charge on any atom is -0.196 e. The monoisotopic (exact) mass is 424 g/mol. The van der Waals surface area contributed by atoms with Crippen molar-refractivity contribution in [2.75, 3.05) is 0 Å². The van der Waals surface area contributed by atoms with Gasteiger partial charge in [0, 0.05) is 11.8 Å². The molecule has 4 aliphatic rings. The maximum Gasteiger partial charge on any atom is 0.186 e. The number of nitriles is 4. The molecule has 2 bridgehead atoms. The molecule has 0 spiro atoms. The quantitative estimate of drug-likeness (QED) is 0.412. The molecule has 32 heavy (non-hydrogen) atoms. The van der Waals surface area contributed by atoms with Gasteiger partial charge in [-0.1, -0.05) is 86.1 Å². The molecule has 164 valence electrons. The Labute approximate surface area is 192 Å². The van der Waals surface area contributed by atoms with E-state index >= 15 is 0 Å². The Morgan fingerprint density at radius 1 is 0.656 bits per heavy atom. The molecule has 4 nitrogen and oxygen atoms in total. The van der Waals surface area contributed by atoms with Crippen molar-refractivity contribution in [1.82, 2.24) is 0 Å². The highest BCUT2D eigenvalue weighted by molar-refractivity contribution is 5.69. The van der Waals surface area contributed by atoms with Crippen molar-refractivity contribution < 1.29 is 0 Å². The Morgan fingerprint density at radius 3 is 1.50 bits per heavy atom. The molecule has 0 N–H and O–H groups in total. The van der Waals surface area contributed by atoms with Gasteiger partial charge in [0.05, 0.1) is 24.3 Å². The summed E-state index contributed by atoms with van der Waals surface area (Å²) in [6, 6.07) is 8.79. The van der Waals surface area contributed by atoms with Crippen molar-refractivity contribution in [2.24, 2.45) is 38.9 Å². The van der Waals surface area contributed by atoms with Crippen molar-refractivity contribution in [3.8, 4) is 24.3 Å². The summed E-state index contributed by atoms with van der Waals surface area (Å²) in [4.78, 5) is 0. The SMILES string of the molecule is CC(C)(C)C1=CC(C(C)(C)C)=C2C1=CC1C(C(C)(C)C)=CC2C(C#N)(C#N)C1(C#N)C#N. The number of fused-ring (bicyclic) bond motifs is 1. The molecular formula is C28H32N4. The molecule has 2 unspecified atom stereocenters. The van der Waals surface area contributed by atoms with E-state index in [2.05, 4.69) is 92.7 Å². The van der Waals surface area contributed by atoms with E-state index in [1.165, 1.54) is 0 Å². The molecule has 0 fully saturated rings. The zero-order valence-corrected chi connectivity index (χ0v) is 20.7. The van der Waals surface area contributed by atoms with Crippen LogP contribution in [0.5, 0.6) is 0 Å². The van der Waals surface area contributed by atoms with E-state index in [1.807, 2.05) is 12.2 Å². The molecule has 2 atom stereocenters. The Balaban J connectivity index is 2.60. The van der Waals surface area contributed by atoms with Gasteiger partial charge in [-0.3, -0.25) is 0 Å². The zero-order valence-electron chi connectivity index (χ0n) is 20.7. The van der Waals surface area contributed by atoms with Crippen LogP contribution in [0.3, 0.4) is 0 Å². The number of hydrogen-bond donors (Lipinski definition) is 0. The number of allylic oxidation sites excluding steroid dienone is 8. The molecule has 4 rings (SSSR count). The molecular weight excluding hydrogens is 392 g/mol. The summed E-state index contributed by atoms with van der Waals surface area (Å²) in [5, 5.41) is 41.7. The highest BCUT2D eigenvalue weighted by Gasteiger charge is 2.68. The van der Waals surface area contributed by atoms with Gasteiger partial charge in [0.15, 0.2) is 10.8 Å². The molecule has 0 aromatic heterocycles. The molecule has 0 saturated carbocycles. The van der Waals surface area contributed by atoms with Crippen molar-refractivity contribution >= 4 is 0 Å². The molecule has 0 aromatic carbocycles. The Bertz CT molecular complexity index is 1140. The second-order valence-corrected chi connectivity index (χ2v) is 12.4. The van der Waals surface area contributed by atoms with Gasteiger partial charge in [-0.2, -0.15) is 21.0 Å². The van der Waals surface area contributed by atoms with Gasteiger partial charge in [-0.25, -0.2) is 0 Å². The first-order chi connectivity index (χ1) is 14.6. The van der Waals surface area contributed by atoms with Crippen LogP contribution in [0.25, 0.3) is 0 Å². The van der Waals surface area contributed by atoms with Crippen molar-refractivity contribution in [3.05, 3.63) is 46.1 Å². The standard InChI is InChI=1S/C28H32N4/c1-24(2,3)18-11-21(26(7,8)9)23-17(18)10-20-19(25(4,5)6)12-22(23)28(15-31,16-32)27(20,13-29)14-30/h10-12,20,22H,1-9H3. The van der Waals surface area contributed by atoms with E-state index < -0.39 is 22.7 Å². The van der Waals surface area contributed by atoms with Crippen LogP contribution in [-0.4, -0.2) is 0 Å². The van der Waals surface area contributed by atoms with Gasteiger partial charge in [-0.15, -0.1) is 0 Å². The van der Waals surface area contributed by atoms with E-state index in [1.54, 1.807) is 0 Å². The maximum absolute atomic E-state index is 10.4. The summed E-state index contributed by atoms with van der Waals surface area (Å²) in [6.45, 7) is 19.0. The summed E-state index contributed by atoms with van der Waals surface area (Å²) in [6.07, 6.45) is 6.28. The van der Waals surface area contributed by atoms with Gasteiger partial charge in [0.2, 0.25) is 0 Å². The molecule has 4 heteroatoms. The lowest BCUT2D eigenvalue weighted by molar-refractivity contribution is 0.175. The molecule has 4 aliphatic carbocycles. The van der Waals surface area contributed by atoms with Crippen LogP contribution >= 0.6 is 0 Å². The smallest absolute Gasteiger partial charge is 0.186 e. The fourth-order valence-corrected chi connectivity index (χ4v) is 5.56. The predicted molar refractivity (Wildman–Crippen MR) is 124 cm³/mol. The number of nitrogens with zero attached hydrogens (tertiary/aromatic N) is 4. The second-order valence-electron chi connectivity index (χ2n) is 12.4. The average Bonchev–Trinajstić information content (AvgIpc) is 2.93. The fraction of sp³-hybridized carbons (Fsp3) is 0.571. The third kappa shape index (κ3) is 2.83. The van der Waals surface area contributed by atoms with Gasteiger partial charge >= 0.3 is 0 Å². The van der Waals surface area contributed by atoms with Crippen LogP contribution in [0.1, 0.15) is 62.3 Å². The van der Waals surface area contributed by atoms with Gasteiger partial charge in [-0.05, 0) is 38.5 Å². The second kappa shape index (κ2) is 6.71. The first-order valence-electron chi connectivity index (χ1n) is 11.1. The van der Waals surface area contributed by atoms with Crippen LogP contribution in [0.2, 0.25) is 0 Å². The first kappa shape index (κ1) is 23.6.